The van der Waals surface area contributed by atoms with Crippen molar-refractivity contribution in [3.63, 3.8) is 0 Å². The average Bonchev–Trinajstić information content (AvgIpc) is 3.12. The van der Waals surface area contributed by atoms with E-state index in [1.807, 2.05) is 25.1 Å². The summed E-state index contributed by atoms with van der Waals surface area (Å²) in [6.07, 6.45) is 6.52. The van der Waals surface area contributed by atoms with Crippen LogP contribution in [-0.4, -0.2) is 27.7 Å². The molecule has 0 bridgehead atoms. The van der Waals surface area contributed by atoms with E-state index in [-0.39, 0.29) is 0 Å². The van der Waals surface area contributed by atoms with Crippen LogP contribution in [0.5, 0.6) is 0 Å². The Labute approximate surface area is 130 Å². The van der Waals surface area contributed by atoms with Crippen molar-refractivity contribution < 1.29 is 14.0 Å². The molecule has 1 aliphatic heterocycles. The van der Waals surface area contributed by atoms with E-state index in [4.69, 9.17) is 8.94 Å². The molecular weight excluding hydrogens is 280 g/mol. The summed E-state index contributed by atoms with van der Waals surface area (Å²) in [4.78, 5) is 2.42. The lowest BCUT2D eigenvalue weighted by Gasteiger charge is -2.30. The highest BCUT2D eigenvalue weighted by molar-refractivity contribution is 5.05. The third kappa shape index (κ3) is 3.78. The van der Waals surface area contributed by atoms with Gasteiger partial charge in [-0.2, -0.15) is 0 Å². The molecular formula is C17H24N2O3. The fourth-order valence-electron chi connectivity index (χ4n) is 3.26. The minimum absolute atomic E-state index is 0.341. The molecule has 3 heterocycles. The first kappa shape index (κ1) is 15.3. The van der Waals surface area contributed by atoms with Crippen molar-refractivity contribution in [1.29, 1.82) is 0 Å². The van der Waals surface area contributed by atoms with E-state index in [0.29, 0.717) is 18.2 Å². The van der Waals surface area contributed by atoms with Crippen LogP contribution < -0.4 is 0 Å². The van der Waals surface area contributed by atoms with Gasteiger partial charge in [0.1, 0.15) is 11.9 Å². The highest BCUT2D eigenvalue weighted by Gasteiger charge is 2.26. The number of rotatable bonds is 5. The zero-order chi connectivity index (χ0) is 15.4. The predicted molar refractivity (Wildman–Crippen MR) is 82.2 cm³/mol. The maximum atomic E-state index is 10.4. The fourth-order valence-corrected chi connectivity index (χ4v) is 3.26. The van der Waals surface area contributed by atoms with Crippen molar-refractivity contribution >= 4 is 0 Å². The van der Waals surface area contributed by atoms with Crippen molar-refractivity contribution in [2.75, 3.05) is 6.54 Å². The Bertz CT molecular complexity index is 564. The van der Waals surface area contributed by atoms with Gasteiger partial charge in [0, 0.05) is 12.1 Å². The van der Waals surface area contributed by atoms with Gasteiger partial charge < -0.3 is 14.0 Å². The third-order valence-corrected chi connectivity index (χ3v) is 4.40. The van der Waals surface area contributed by atoms with Crippen molar-refractivity contribution in [2.45, 2.75) is 57.7 Å². The summed E-state index contributed by atoms with van der Waals surface area (Å²) in [5.41, 5.74) is 0.914. The van der Waals surface area contributed by atoms with Crippen molar-refractivity contribution in [3.05, 3.63) is 41.7 Å². The standard InChI is InChI=1S/C17H24N2O3/c1-13-10-15(22-18-13)12-19-8-4-2-3-6-14(19)11-16(20)17-7-5-9-21-17/h5,7,9-10,14,16,20H,2-4,6,8,11-12H2,1H3/t14-,16+/m0/s1. The second-order valence-electron chi connectivity index (χ2n) is 6.18. The van der Waals surface area contributed by atoms with Crippen LogP contribution in [-0.2, 0) is 6.54 Å². The highest BCUT2D eigenvalue weighted by Crippen LogP contribution is 2.27. The SMILES string of the molecule is Cc1cc(CN2CCCCC[C@H]2C[C@@H](O)c2ccco2)on1. The van der Waals surface area contributed by atoms with Gasteiger partial charge in [-0.1, -0.05) is 18.0 Å². The molecule has 0 unspecified atom stereocenters. The molecule has 3 rings (SSSR count). The molecule has 5 heteroatoms. The van der Waals surface area contributed by atoms with E-state index in [0.717, 1.165) is 31.0 Å². The van der Waals surface area contributed by atoms with Crippen LogP contribution in [0.4, 0.5) is 0 Å². The lowest BCUT2D eigenvalue weighted by atomic mass is 10.0. The van der Waals surface area contributed by atoms with E-state index in [9.17, 15) is 5.11 Å². The van der Waals surface area contributed by atoms with E-state index in [2.05, 4.69) is 10.1 Å². The zero-order valence-electron chi connectivity index (χ0n) is 13.1. The lowest BCUT2D eigenvalue weighted by molar-refractivity contribution is 0.0788. The monoisotopic (exact) mass is 304 g/mol. The fraction of sp³-hybridized carbons (Fsp3) is 0.588. The molecule has 2 aromatic rings. The van der Waals surface area contributed by atoms with Gasteiger partial charge in [0.05, 0.1) is 18.5 Å². The van der Waals surface area contributed by atoms with Gasteiger partial charge in [-0.15, -0.1) is 0 Å². The summed E-state index contributed by atoms with van der Waals surface area (Å²) >= 11 is 0. The summed E-state index contributed by atoms with van der Waals surface area (Å²) in [7, 11) is 0. The summed E-state index contributed by atoms with van der Waals surface area (Å²) in [5, 5.41) is 14.4. The topological polar surface area (TPSA) is 62.6 Å². The van der Waals surface area contributed by atoms with Crippen LogP contribution in [0.15, 0.2) is 33.4 Å². The normalized spacial score (nSPS) is 21.6. The number of aliphatic hydroxyl groups is 1. The van der Waals surface area contributed by atoms with Crippen LogP contribution in [0.1, 0.15) is 55.4 Å². The largest absolute Gasteiger partial charge is 0.467 e. The molecule has 0 saturated carbocycles. The summed E-state index contributed by atoms with van der Waals surface area (Å²) in [5.74, 6) is 1.55. The van der Waals surface area contributed by atoms with Crippen molar-refractivity contribution in [3.8, 4) is 0 Å². The van der Waals surface area contributed by atoms with Crippen LogP contribution in [0.25, 0.3) is 0 Å². The second kappa shape index (κ2) is 7.11. The summed E-state index contributed by atoms with van der Waals surface area (Å²) in [6.45, 7) is 3.74. The Morgan fingerprint density at radius 2 is 2.32 bits per heavy atom. The Hall–Kier alpha value is -1.59. The molecule has 5 nitrogen and oxygen atoms in total. The number of hydrogen-bond acceptors (Lipinski definition) is 5. The number of aromatic nitrogens is 1. The molecule has 1 fully saturated rings. The first-order valence-electron chi connectivity index (χ1n) is 8.10. The van der Waals surface area contributed by atoms with E-state index in [1.165, 1.54) is 19.3 Å². The Kier molecular flexibility index (Phi) is 4.95. The molecule has 120 valence electrons. The zero-order valence-corrected chi connectivity index (χ0v) is 13.1. The molecule has 2 aromatic heterocycles. The number of furan rings is 1. The Morgan fingerprint density at radius 1 is 1.41 bits per heavy atom. The maximum absolute atomic E-state index is 10.4. The van der Waals surface area contributed by atoms with Crippen molar-refractivity contribution in [2.24, 2.45) is 0 Å². The number of nitrogens with zero attached hydrogens (tertiary/aromatic N) is 2. The van der Waals surface area contributed by atoms with Crippen LogP contribution in [0.3, 0.4) is 0 Å². The van der Waals surface area contributed by atoms with E-state index in [1.54, 1.807) is 6.26 Å². The van der Waals surface area contributed by atoms with Gasteiger partial charge >= 0.3 is 0 Å². The Morgan fingerprint density at radius 3 is 3.05 bits per heavy atom. The molecule has 22 heavy (non-hydrogen) atoms. The first-order valence-corrected chi connectivity index (χ1v) is 8.10. The summed E-state index contributed by atoms with van der Waals surface area (Å²) < 4.78 is 10.7. The average molecular weight is 304 g/mol. The van der Waals surface area contributed by atoms with Gasteiger partial charge in [-0.25, -0.2) is 0 Å². The number of aryl methyl sites for hydroxylation is 1. The molecule has 1 saturated heterocycles. The van der Waals surface area contributed by atoms with Crippen molar-refractivity contribution in [1.82, 2.24) is 10.1 Å². The number of hydrogen-bond donors (Lipinski definition) is 1. The highest BCUT2D eigenvalue weighted by atomic mass is 16.5. The molecule has 1 aliphatic rings. The van der Waals surface area contributed by atoms with Gasteiger partial charge in [0.15, 0.2) is 5.76 Å². The summed E-state index contributed by atoms with van der Waals surface area (Å²) in [6, 6.07) is 5.99. The van der Waals surface area contributed by atoms with Crippen LogP contribution in [0, 0.1) is 6.92 Å². The quantitative estimate of drug-likeness (QED) is 0.916. The molecule has 0 aliphatic carbocycles. The Balaban J connectivity index is 1.67. The molecule has 0 amide bonds. The van der Waals surface area contributed by atoms with Crippen LogP contribution >= 0.6 is 0 Å². The van der Waals surface area contributed by atoms with Gasteiger partial charge in [0.25, 0.3) is 0 Å². The predicted octanol–water partition coefficient (Wildman–Crippen LogP) is 3.44. The van der Waals surface area contributed by atoms with Crippen LogP contribution in [0.2, 0.25) is 0 Å². The lowest BCUT2D eigenvalue weighted by Crippen LogP contribution is -2.35. The molecule has 1 N–H and O–H groups in total. The number of aliphatic hydroxyl groups excluding tert-OH is 1. The maximum Gasteiger partial charge on any atom is 0.150 e. The first-order chi connectivity index (χ1) is 10.7. The molecule has 0 aromatic carbocycles. The molecule has 2 atom stereocenters. The molecule has 0 spiro atoms. The van der Waals surface area contributed by atoms with Gasteiger partial charge in [-0.3, -0.25) is 4.90 Å². The number of likely N-dealkylation sites (tertiary alicyclic amines) is 1. The second-order valence-corrected chi connectivity index (χ2v) is 6.18. The van der Waals surface area contributed by atoms with E-state index < -0.39 is 6.10 Å². The third-order valence-electron chi connectivity index (χ3n) is 4.40. The minimum atomic E-state index is -0.544. The minimum Gasteiger partial charge on any atom is -0.467 e. The molecule has 0 radical (unpaired) electrons. The van der Waals surface area contributed by atoms with Gasteiger partial charge in [0.2, 0.25) is 0 Å². The van der Waals surface area contributed by atoms with E-state index >= 15 is 0 Å². The van der Waals surface area contributed by atoms with Gasteiger partial charge in [-0.05, 0) is 44.9 Å². The smallest absolute Gasteiger partial charge is 0.150 e.